The predicted molar refractivity (Wildman–Crippen MR) is 100 cm³/mol. The topological polar surface area (TPSA) is 57.7 Å². The molecule has 1 N–H and O–H groups in total. The summed E-state index contributed by atoms with van der Waals surface area (Å²) >= 11 is 0. The Balaban J connectivity index is 1.65. The molecule has 1 fully saturated rings. The second kappa shape index (κ2) is 5.69. The second-order valence-corrected chi connectivity index (χ2v) is 7.18. The van der Waals surface area contributed by atoms with Crippen molar-refractivity contribution in [1.29, 1.82) is 0 Å². The summed E-state index contributed by atoms with van der Waals surface area (Å²) < 4.78 is 0. The number of pyridine rings is 1. The first-order valence-electron chi connectivity index (χ1n) is 9.02. The number of anilines is 1. The molecule has 25 heavy (non-hydrogen) atoms. The van der Waals surface area contributed by atoms with Gasteiger partial charge >= 0.3 is 0 Å². The van der Waals surface area contributed by atoms with E-state index in [2.05, 4.69) is 50.0 Å². The van der Waals surface area contributed by atoms with Crippen LogP contribution in [0.4, 0.5) is 5.82 Å². The minimum atomic E-state index is 0.702. The van der Waals surface area contributed by atoms with Gasteiger partial charge in [0.15, 0.2) is 0 Å². The Hall–Kier alpha value is -2.69. The van der Waals surface area contributed by atoms with Crippen molar-refractivity contribution >= 4 is 22.9 Å². The van der Waals surface area contributed by atoms with E-state index in [9.17, 15) is 0 Å². The van der Waals surface area contributed by atoms with Crippen molar-refractivity contribution in [3.05, 3.63) is 42.1 Å². The summed E-state index contributed by atoms with van der Waals surface area (Å²) in [5.41, 5.74) is 5.54. The minimum Gasteiger partial charge on any atom is -0.356 e. The Morgan fingerprint density at radius 2 is 2.20 bits per heavy atom. The largest absolute Gasteiger partial charge is 0.356 e. The molecule has 0 radical (unpaired) electrons. The van der Waals surface area contributed by atoms with Crippen molar-refractivity contribution in [2.45, 2.75) is 26.2 Å². The van der Waals surface area contributed by atoms with Crippen molar-refractivity contribution in [2.24, 2.45) is 5.92 Å². The number of rotatable bonds is 2. The predicted octanol–water partition coefficient (Wildman–Crippen LogP) is 3.83. The Bertz CT molecular complexity index is 971. The lowest BCUT2D eigenvalue weighted by atomic mass is 9.99. The van der Waals surface area contributed by atoms with Gasteiger partial charge in [0.1, 0.15) is 17.8 Å². The molecule has 1 saturated heterocycles. The number of piperidine rings is 1. The smallest absolute Gasteiger partial charge is 0.143 e. The summed E-state index contributed by atoms with van der Waals surface area (Å²) in [4.78, 5) is 19.5. The molecular formula is C20H21N5. The van der Waals surface area contributed by atoms with Gasteiger partial charge in [0.05, 0.1) is 11.1 Å². The first-order chi connectivity index (χ1) is 12.3. The van der Waals surface area contributed by atoms with Crippen LogP contribution in [0.3, 0.4) is 0 Å². The van der Waals surface area contributed by atoms with Crippen LogP contribution in [-0.2, 0) is 6.42 Å². The third-order valence-corrected chi connectivity index (χ3v) is 5.33. The SMILES string of the molecule is C[C@H]1CCCN(c2ncnc3[nH]cc(-c4cnc5c(c4)C=CC5)c23)C1. The van der Waals surface area contributed by atoms with Gasteiger partial charge in [-0.05, 0) is 30.4 Å². The average molecular weight is 331 g/mol. The van der Waals surface area contributed by atoms with Gasteiger partial charge in [0, 0.05) is 43.0 Å². The molecule has 0 aromatic carbocycles. The maximum atomic E-state index is 4.66. The van der Waals surface area contributed by atoms with Crippen molar-refractivity contribution < 1.29 is 0 Å². The van der Waals surface area contributed by atoms with Gasteiger partial charge in [-0.1, -0.05) is 19.1 Å². The number of hydrogen-bond acceptors (Lipinski definition) is 4. The zero-order valence-electron chi connectivity index (χ0n) is 14.4. The summed E-state index contributed by atoms with van der Waals surface area (Å²) in [6.07, 6.45) is 13.5. The summed E-state index contributed by atoms with van der Waals surface area (Å²) in [6.45, 7) is 4.44. The molecule has 0 amide bonds. The van der Waals surface area contributed by atoms with Crippen molar-refractivity contribution in [3.8, 4) is 11.1 Å². The molecule has 5 nitrogen and oxygen atoms in total. The quantitative estimate of drug-likeness (QED) is 0.775. The highest BCUT2D eigenvalue weighted by atomic mass is 15.2. The van der Waals surface area contributed by atoms with Crippen LogP contribution in [0.1, 0.15) is 31.0 Å². The fourth-order valence-electron chi connectivity index (χ4n) is 4.07. The van der Waals surface area contributed by atoms with Gasteiger partial charge in [0.2, 0.25) is 0 Å². The molecule has 126 valence electrons. The van der Waals surface area contributed by atoms with Crippen LogP contribution in [0.15, 0.2) is 30.9 Å². The van der Waals surface area contributed by atoms with Gasteiger partial charge in [0.25, 0.3) is 0 Å². The number of aromatic amines is 1. The van der Waals surface area contributed by atoms with E-state index in [0.29, 0.717) is 5.92 Å². The average Bonchev–Trinajstić information content (AvgIpc) is 3.27. The number of nitrogens with zero attached hydrogens (tertiary/aromatic N) is 4. The summed E-state index contributed by atoms with van der Waals surface area (Å²) in [5, 5.41) is 1.11. The highest BCUT2D eigenvalue weighted by Crippen LogP contribution is 2.36. The van der Waals surface area contributed by atoms with E-state index in [-0.39, 0.29) is 0 Å². The van der Waals surface area contributed by atoms with E-state index in [1.165, 1.54) is 18.4 Å². The highest BCUT2D eigenvalue weighted by molar-refractivity contribution is 6.01. The number of hydrogen-bond donors (Lipinski definition) is 1. The van der Waals surface area contributed by atoms with E-state index < -0.39 is 0 Å². The molecule has 0 saturated carbocycles. The molecule has 4 heterocycles. The minimum absolute atomic E-state index is 0.702. The lowest BCUT2D eigenvalue weighted by Gasteiger charge is -2.32. The van der Waals surface area contributed by atoms with Gasteiger partial charge in [-0.15, -0.1) is 0 Å². The molecule has 3 aromatic heterocycles. The van der Waals surface area contributed by atoms with Crippen LogP contribution >= 0.6 is 0 Å². The Morgan fingerprint density at radius 1 is 1.24 bits per heavy atom. The fourth-order valence-corrected chi connectivity index (χ4v) is 4.07. The number of allylic oxidation sites excluding steroid dienone is 1. The zero-order chi connectivity index (χ0) is 16.8. The molecule has 5 heteroatoms. The van der Waals surface area contributed by atoms with Gasteiger partial charge in [-0.25, -0.2) is 9.97 Å². The first-order valence-corrected chi connectivity index (χ1v) is 9.02. The first kappa shape index (κ1) is 14.6. The fraction of sp³-hybridized carbons (Fsp3) is 0.350. The molecule has 0 spiro atoms. The molecule has 1 aliphatic carbocycles. The number of aromatic nitrogens is 4. The Morgan fingerprint density at radius 3 is 3.12 bits per heavy atom. The van der Waals surface area contributed by atoms with Crippen LogP contribution < -0.4 is 4.90 Å². The van der Waals surface area contributed by atoms with Crippen LogP contribution in [0.2, 0.25) is 0 Å². The standard InChI is InChI=1S/C20H21N5/c1-13-4-3-7-25(11-13)20-18-16(10-22-19(18)23-12-24-20)15-8-14-5-2-6-17(14)21-9-15/h2,5,8-10,12-13H,3-4,6-7,11H2,1H3,(H,22,23,24)/t13-/m0/s1. The van der Waals surface area contributed by atoms with Crippen molar-refractivity contribution in [2.75, 3.05) is 18.0 Å². The lowest BCUT2D eigenvalue weighted by Crippen LogP contribution is -2.35. The lowest BCUT2D eigenvalue weighted by molar-refractivity contribution is 0.445. The van der Waals surface area contributed by atoms with Crippen LogP contribution in [0.5, 0.6) is 0 Å². The summed E-state index contributed by atoms with van der Waals surface area (Å²) in [5.74, 6) is 1.75. The van der Waals surface area contributed by atoms with Crippen molar-refractivity contribution in [1.82, 2.24) is 19.9 Å². The molecule has 0 unspecified atom stereocenters. The van der Waals surface area contributed by atoms with Crippen molar-refractivity contribution in [3.63, 3.8) is 0 Å². The van der Waals surface area contributed by atoms with E-state index in [1.807, 2.05) is 12.4 Å². The molecule has 3 aromatic rings. The molecule has 2 aliphatic rings. The molecule has 5 rings (SSSR count). The highest BCUT2D eigenvalue weighted by Gasteiger charge is 2.22. The molecule has 1 atom stereocenters. The molecular weight excluding hydrogens is 310 g/mol. The van der Waals surface area contributed by atoms with Crippen LogP contribution in [0, 0.1) is 5.92 Å². The molecule has 0 bridgehead atoms. The van der Waals surface area contributed by atoms with E-state index in [4.69, 9.17) is 0 Å². The monoisotopic (exact) mass is 331 g/mol. The number of fused-ring (bicyclic) bond motifs is 2. The second-order valence-electron chi connectivity index (χ2n) is 7.18. The number of H-pyrrole nitrogens is 1. The zero-order valence-corrected chi connectivity index (χ0v) is 14.4. The summed E-state index contributed by atoms with van der Waals surface area (Å²) in [7, 11) is 0. The maximum Gasteiger partial charge on any atom is 0.143 e. The number of nitrogens with one attached hydrogen (secondary N) is 1. The van der Waals surface area contributed by atoms with Crippen LogP contribution in [0.25, 0.3) is 28.2 Å². The van der Waals surface area contributed by atoms with E-state index in [1.54, 1.807) is 6.33 Å². The normalized spacial score (nSPS) is 19.6. The molecule has 1 aliphatic heterocycles. The Labute approximate surface area is 146 Å². The summed E-state index contributed by atoms with van der Waals surface area (Å²) in [6, 6.07) is 2.23. The third kappa shape index (κ3) is 2.42. The maximum absolute atomic E-state index is 4.66. The van der Waals surface area contributed by atoms with Gasteiger partial charge in [-0.3, -0.25) is 4.98 Å². The third-order valence-electron chi connectivity index (χ3n) is 5.33. The van der Waals surface area contributed by atoms with E-state index >= 15 is 0 Å². The van der Waals surface area contributed by atoms with E-state index in [0.717, 1.165) is 53.2 Å². The van der Waals surface area contributed by atoms with Crippen LogP contribution in [-0.4, -0.2) is 33.0 Å². The van der Waals surface area contributed by atoms with Gasteiger partial charge in [-0.2, -0.15) is 0 Å². The Kier molecular flexibility index (Phi) is 3.33. The van der Waals surface area contributed by atoms with Gasteiger partial charge < -0.3 is 9.88 Å².